The van der Waals surface area contributed by atoms with Crippen molar-refractivity contribution >= 4 is 5.91 Å². The number of alkyl halides is 4. The van der Waals surface area contributed by atoms with Gasteiger partial charge >= 0.3 is 0 Å². The molecule has 2 N–H and O–H groups in total. The van der Waals surface area contributed by atoms with Crippen molar-refractivity contribution in [1.82, 2.24) is 10.4 Å². The lowest BCUT2D eigenvalue weighted by Gasteiger charge is -2.31. The number of para-hydroxylation sites is 2. The molecular weight excluding hydrogens is 408 g/mol. The van der Waals surface area contributed by atoms with Crippen LogP contribution in [0.4, 0.5) is 17.6 Å². The number of hydrogen-bond acceptors (Lipinski definition) is 5. The molecule has 0 fully saturated rings. The number of allylic oxidation sites excluding steroid dienone is 1. The number of aliphatic hydroxyl groups is 1. The summed E-state index contributed by atoms with van der Waals surface area (Å²) in [4.78, 5) is 12.7. The fourth-order valence-electron chi connectivity index (χ4n) is 2.85. The molecule has 0 spiro atoms. The van der Waals surface area contributed by atoms with Crippen molar-refractivity contribution in [3.8, 4) is 11.5 Å². The molecule has 1 amide bonds. The van der Waals surface area contributed by atoms with Gasteiger partial charge in [-0.25, -0.2) is 22.6 Å². The third-order valence-electron chi connectivity index (χ3n) is 4.36. The number of nitrogens with one attached hydrogen (secondary N) is 1. The minimum atomic E-state index is -3.51. The topological polar surface area (TPSA) is 71.0 Å². The van der Waals surface area contributed by atoms with E-state index in [0.717, 1.165) is 0 Å². The Hall–Kier alpha value is -3.27. The number of hydrazine groups is 1. The molecule has 1 heterocycles. The molecule has 0 saturated heterocycles. The summed E-state index contributed by atoms with van der Waals surface area (Å²) in [5, 5.41) is 10.2. The van der Waals surface area contributed by atoms with Crippen LogP contribution < -0.4 is 14.9 Å². The lowest BCUT2D eigenvalue weighted by molar-refractivity contribution is -0.146. The van der Waals surface area contributed by atoms with E-state index in [9.17, 15) is 27.5 Å². The zero-order valence-corrected chi connectivity index (χ0v) is 15.7. The summed E-state index contributed by atoms with van der Waals surface area (Å²) in [6, 6.07) is 12.7. The molecular formula is C20H18F4N2O4. The molecule has 0 radical (unpaired) electrons. The first-order chi connectivity index (χ1) is 14.3. The minimum absolute atomic E-state index is 0.0224. The van der Waals surface area contributed by atoms with Gasteiger partial charge in [-0.1, -0.05) is 24.3 Å². The third kappa shape index (κ3) is 4.18. The highest BCUT2D eigenvalue weighted by Gasteiger charge is 2.51. The Labute approximate surface area is 169 Å². The largest absolute Gasteiger partial charge is 0.493 e. The van der Waals surface area contributed by atoms with Crippen molar-refractivity contribution in [3.05, 3.63) is 71.4 Å². The summed E-state index contributed by atoms with van der Waals surface area (Å²) in [5.41, 5.74) is -1.91. The fraction of sp³-hybridized carbons (Fsp3) is 0.250. The van der Waals surface area contributed by atoms with Gasteiger partial charge in [0.15, 0.2) is 11.5 Å². The molecule has 0 saturated carbocycles. The molecule has 0 aromatic heterocycles. The molecule has 1 aliphatic rings. The Bertz CT molecular complexity index is 954. The van der Waals surface area contributed by atoms with Gasteiger partial charge in [0.05, 0.1) is 12.8 Å². The van der Waals surface area contributed by atoms with Crippen LogP contribution in [0.25, 0.3) is 0 Å². The van der Waals surface area contributed by atoms with E-state index in [0.29, 0.717) is 17.1 Å². The molecule has 160 valence electrons. The van der Waals surface area contributed by atoms with Gasteiger partial charge in [-0.3, -0.25) is 10.2 Å². The first-order valence-electron chi connectivity index (χ1n) is 8.73. The van der Waals surface area contributed by atoms with Crippen molar-refractivity contribution in [3.63, 3.8) is 0 Å². The first-order valence-corrected chi connectivity index (χ1v) is 8.73. The van der Waals surface area contributed by atoms with Crippen LogP contribution in [0, 0.1) is 0 Å². The molecule has 6 nitrogen and oxygen atoms in total. The van der Waals surface area contributed by atoms with Gasteiger partial charge in [0, 0.05) is 11.6 Å². The van der Waals surface area contributed by atoms with Crippen molar-refractivity contribution < 1.29 is 36.9 Å². The predicted octanol–water partition coefficient (Wildman–Crippen LogP) is 3.34. The number of benzene rings is 2. The molecule has 30 heavy (non-hydrogen) atoms. The maximum absolute atomic E-state index is 13.3. The summed E-state index contributed by atoms with van der Waals surface area (Å²) in [6.07, 6.45) is -6.44. The van der Waals surface area contributed by atoms with Crippen LogP contribution >= 0.6 is 0 Å². The molecule has 2 aromatic rings. The van der Waals surface area contributed by atoms with Crippen LogP contribution in [0.5, 0.6) is 11.5 Å². The number of rotatable bonds is 7. The summed E-state index contributed by atoms with van der Waals surface area (Å²) < 4.78 is 63.4. The SMILES string of the molecule is COc1ccccc1OCc1cccc(C(=O)N2NC(C(F)F)=CC2(O)C(F)F)c1. The Morgan fingerprint density at radius 1 is 1.13 bits per heavy atom. The summed E-state index contributed by atoms with van der Waals surface area (Å²) >= 11 is 0. The van der Waals surface area contributed by atoms with E-state index in [4.69, 9.17) is 9.47 Å². The van der Waals surface area contributed by atoms with Crippen LogP contribution in [0.3, 0.4) is 0 Å². The van der Waals surface area contributed by atoms with Gasteiger partial charge in [0.25, 0.3) is 18.8 Å². The number of carbonyl (C=O) groups is 1. The minimum Gasteiger partial charge on any atom is -0.493 e. The van der Waals surface area contributed by atoms with Gasteiger partial charge in [0.2, 0.25) is 5.72 Å². The number of nitrogens with zero attached hydrogens (tertiary/aromatic N) is 1. The molecule has 0 bridgehead atoms. The second kappa shape index (κ2) is 8.62. The highest BCUT2D eigenvalue weighted by atomic mass is 19.3. The normalized spacial score (nSPS) is 18.4. The van der Waals surface area contributed by atoms with Crippen LogP contribution in [0.2, 0.25) is 0 Å². The van der Waals surface area contributed by atoms with E-state index in [2.05, 4.69) is 0 Å². The second-order valence-electron chi connectivity index (χ2n) is 6.38. The zero-order chi connectivity index (χ0) is 21.9. The monoisotopic (exact) mass is 426 g/mol. The molecule has 3 rings (SSSR count). The predicted molar refractivity (Wildman–Crippen MR) is 98.1 cm³/mol. The summed E-state index contributed by atoms with van der Waals surface area (Å²) in [6.45, 7) is 0.0224. The van der Waals surface area contributed by atoms with E-state index in [1.165, 1.54) is 25.3 Å². The van der Waals surface area contributed by atoms with E-state index in [1.807, 2.05) is 5.43 Å². The lowest BCUT2D eigenvalue weighted by Crippen LogP contribution is -2.56. The maximum atomic E-state index is 13.3. The van der Waals surface area contributed by atoms with Gasteiger partial charge in [-0.2, -0.15) is 0 Å². The molecule has 2 aromatic carbocycles. The highest BCUT2D eigenvalue weighted by molar-refractivity contribution is 5.95. The average molecular weight is 426 g/mol. The third-order valence-corrected chi connectivity index (χ3v) is 4.36. The van der Waals surface area contributed by atoms with Crippen molar-refractivity contribution in [2.45, 2.75) is 25.2 Å². The lowest BCUT2D eigenvalue weighted by atomic mass is 10.1. The van der Waals surface area contributed by atoms with Gasteiger partial charge in [-0.15, -0.1) is 0 Å². The summed E-state index contributed by atoms with van der Waals surface area (Å²) in [5.74, 6) is -0.154. The quantitative estimate of drug-likeness (QED) is 0.665. The number of halogens is 4. The van der Waals surface area contributed by atoms with Gasteiger partial charge in [0.1, 0.15) is 6.61 Å². The summed E-state index contributed by atoms with van der Waals surface area (Å²) in [7, 11) is 1.48. The second-order valence-corrected chi connectivity index (χ2v) is 6.38. The molecule has 1 atom stereocenters. The van der Waals surface area contributed by atoms with E-state index < -0.39 is 30.2 Å². The van der Waals surface area contributed by atoms with Crippen molar-refractivity contribution in [1.29, 1.82) is 0 Å². The standard InChI is InChI=1S/C20H18F4N2O4/c1-29-15-7-2-3-8-16(15)30-11-12-5-4-6-13(9-12)18(27)26-20(28,19(23)24)10-14(25-26)17(21)22/h2-10,17,19,25,28H,11H2,1H3. The number of carbonyl (C=O) groups excluding carboxylic acids is 1. The van der Waals surface area contributed by atoms with Crippen molar-refractivity contribution in [2.75, 3.05) is 7.11 Å². The Morgan fingerprint density at radius 2 is 1.83 bits per heavy atom. The Kier molecular flexibility index (Phi) is 6.16. The number of ether oxygens (including phenoxy) is 2. The Balaban J connectivity index is 1.79. The van der Waals surface area contributed by atoms with E-state index in [1.54, 1.807) is 30.3 Å². The molecule has 0 aliphatic carbocycles. The fourth-order valence-corrected chi connectivity index (χ4v) is 2.85. The molecule has 10 heteroatoms. The van der Waals surface area contributed by atoms with Crippen LogP contribution in [0.1, 0.15) is 15.9 Å². The van der Waals surface area contributed by atoms with Crippen LogP contribution in [0.15, 0.2) is 60.3 Å². The van der Waals surface area contributed by atoms with Gasteiger partial charge < -0.3 is 14.6 Å². The zero-order valence-electron chi connectivity index (χ0n) is 15.7. The number of hydrogen-bond donors (Lipinski definition) is 2. The van der Waals surface area contributed by atoms with Crippen LogP contribution in [-0.4, -0.2) is 41.7 Å². The maximum Gasteiger partial charge on any atom is 0.291 e. The first kappa shape index (κ1) is 21.4. The van der Waals surface area contributed by atoms with Crippen molar-refractivity contribution in [2.24, 2.45) is 0 Å². The van der Waals surface area contributed by atoms with Gasteiger partial charge in [-0.05, 0) is 29.8 Å². The number of methoxy groups -OCH3 is 1. The number of amides is 1. The van der Waals surface area contributed by atoms with E-state index >= 15 is 0 Å². The Morgan fingerprint density at radius 3 is 2.47 bits per heavy atom. The molecule has 1 unspecified atom stereocenters. The smallest absolute Gasteiger partial charge is 0.291 e. The molecule has 1 aliphatic heterocycles. The van der Waals surface area contributed by atoms with E-state index in [-0.39, 0.29) is 23.3 Å². The highest BCUT2D eigenvalue weighted by Crippen LogP contribution is 2.31. The van der Waals surface area contributed by atoms with Crippen LogP contribution in [-0.2, 0) is 6.61 Å². The average Bonchev–Trinajstić information content (AvgIpc) is 3.11.